The Hall–Kier alpha value is -1.38. The minimum absolute atomic E-state index is 0.758. The lowest BCUT2D eigenvalue weighted by Gasteiger charge is -2.16. The van der Waals surface area contributed by atoms with E-state index >= 15 is 0 Å². The lowest BCUT2D eigenvalue weighted by molar-refractivity contribution is 0.440. The molecule has 1 aliphatic heterocycles. The predicted octanol–water partition coefficient (Wildman–Crippen LogP) is 1.96. The average Bonchev–Trinajstić information content (AvgIpc) is 2.52. The number of amidine groups is 1. The zero-order valence-electron chi connectivity index (χ0n) is 8.45. The summed E-state index contributed by atoms with van der Waals surface area (Å²) in [6, 6.07) is 4.09. The second kappa shape index (κ2) is 3.78. The van der Waals surface area contributed by atoms with Crippen LogP contribution in [0.15, 0.2) is 18.3 Å². The van der Waals surface area contributed by atoms with Crippen LogP contribution in [0.3, 0.4) is 0 Å². The zero-order valence-corrected chi connectivity index (χ0v) is 8.45. The van der Waals surface area contributed by atoms with E-state index in [4.69, 9.17) is 5.41 Å². The van der Waals surface area contributed by atoms with Gasteiger partial charge in [0.25, 0.3) is 0 Å². The maximum absolute atomic E-state index is 7.71. The van der Waals surface area contributed by atoms with E-state index in [1.807, 2.05) is 12.3 Å². The van der Waals surface area contributed by atoms with Crippen molar-refractivity contribution in [1.29, 1.82) is 5.41 Å². The van der Waals surface area contributed by atoms with Gasteiger partial charge in [0, 0.05) is 19.2 Å². The van der Waals surface area contributed by atoms with Crippen LogP contribution in [-0.2, 0) is 6.54 Å². The molecule has 1 aliphatic rings. The summed E-state index contributed by atoms with van der Waals surface area (Å²) in [5.41, 5.74) is 2.30. The highest BCUT2D eigenvalue weighted by Gasteiger charge is 2.16. The Balaban J connectivity index is 2.07. The molecule has 1 fully saturated rings. The van der Waals surface area contributed by atoms with Gasteiger partial charge in [-0.15, -0.1) is 0 Å². The third kappa shape index (κ3) is 1.92. The van der Waals surface area contributed by atoms with E-state index in [1.165, 1.54) is 5.56 Å². The van der Waals surface area contributed by atoms with Gasteiger partial charge in [0.05, 0.1) is 18.1 Å². The molecule has 0 aliphatic carbocycles. The van der Waals surface area contributed by atoms with Gasteiger partial charge in [0.2, 0.25) is 0 Å². The molecule has 0 spiro atoms. The first-order valence-electron chi connectivity index (χ1n) is 4.99. The van der Waals surface area contributed by atoms with E-state index in [1.54, 1.807) is 0 Å². The van der Waals surface area contributed by atoms with Gasteiger partial charge in [0.15, 0.2) is 0 Å². The molecule has 1 aromatic heterocycles. The monoisotopic (exact) mass is 189 g/mol. The van der Waals surface area contributed by atoms with E-state index < -0.39 is 0 Å². The number of aryl methyl sites for hydroxylation is 1. The van der Waals surface area contributed by atoms with Gasteiger partial charge in [-0.25, -0.2) is 0 Å². The van der Waals surface area contributed by atoms with E-state index in [2.05, 4.69) is 22.9 Å². The Labute approximate surface area is 84.3 Å². The van der Waals surface area contributed by atoms with Crippen molar-refractivity contribution in [1.82, 2.24) is 9.88 Å². The lowest BCUT2D eigenvalue weighted by Crippen LogP contribution is -2.23. The highest BCUT2D eigenvalue weighted by Crippen LogP contribution is 2.13. The number of likely N-dealkylation sites (tertiary alicyclic amines) is 1. The normalized spacial score (nSPS) is 16.4. The number of rotatable bonds is 2. The summed E-state index contributed by atoms with van der Waals surface area (Å²) in [5.74, 6) is 0.758. The first-order chi connectivity index (χ1) is 6.75. The van der Waals surface area contributed by atoms with Gasteiger partial charge in [-0.05, 0) is 31.0 Å². The molecule has 2 rings (SSSR count). The molecule has 74 valence electrons. The predicted molar refractivity (Wildman–Crippen MR) is 56.3 cm³/mol. The topological polar surface area (TPSA) is 40.0 Å². The smallest absolute Gasteiger partial charge is 0.0961 e. The molecule has 3 nitrogen and oxygen atoms in total. The number of hydrogen-bond acceptors (Lipinski definition) is 2. The molecule has 0 unspecified atom stereocenters. The van der Waals surface area contributed by atoms with Crippen LogP contribution in [0.25, 0.3) is 0 Å². The Kier molecular flexibility index (Phi) is 2.48. The van der Waals surface area contributed by atoms with Crippen molar-refractivity contribution in [3.8, 4) is 0 Å². The molecule has 14 heavy (non-hydrogen) atoms. The van der Waals surface area contributed by atoms with Crippen LogP contribution in [0, 0.1) is 12.3 Å². The lowest BCUT2D eigenvalue weighted by atomic mass is 10.2. The standard InChI is InChI=1S/C11H15N3/c1-9-4-5-13-10(7-9)8-14-6-2-3-11(14)12/h4-5,7,12H,2-3,6,8H2,1H3. The molecule has 0 atom stereocenters. The van der Waals surface area contributed by atoms with E-state index in [9.17, 15) is 0 Å². The quantitative estimate of drug-likeness (QED) is 0.772. The van der Waals surface area contributed by atoms with Gasteiger partial charge >= 0.3 is 0 Å². The molecule has 0 bridgehead atoms. The second-order valence-corrected chi connectivity index (χ2v) is 3.80. The van der Waals surface area contributed by atoms with E-state index in [-0.39, 0.29) is 0 Å². The van der Waals surface area contributed by atoms with Gasteiger partial charge in [-0.3, -0.25) is 10.4 Å². The SMILES string of the molecule is Cc1ccnc(CN2CCCC2=N)c1. The molecular formula is C11H15N3. The van der Waals surface area contributed by atoms with Gasteiger partial charge in [-0.2, -0.15) is 0 Å². The van der Waals surface area contributed by atoms with E-state index in [0.717, 1.165) is 37.5 Å². The molecule has 0 aromatic carbocycles. The van der Waals surface area contributed by atoms with Crippen molar-refractivity contribution in [3.63, 3.8) is 0 Å². The summed E-state index contributed by atoms with van der Waals surface area (Å²) >= 11 is 0. The van der Waals surface area contributed by atoms with Crippen LogP contribution in [0.4, 0.5) is 0 Å². The number of hydrogen-bond donors (Lipinski definition) is 1. The molecule has 0 amide bonds. The van der Waals surface area contributed by atoms with Crippen molar-refractivity contribution in [2.24, 2.45) is 0 Å². The third-order valence-electron chi connectivity index (χ3n) is 2.55. The van der Waals surface area contributed by atoms with Crippen molar-refractivity contribution >= 4 is 5.84 Å². The fourth-order valence-electron chi connectivity index (χ4n) is 1.79. The summed E-state index contributed by atoms with van der Waals surface area (Å²) in [4.78, 5) is 6.40. The fraction of sp³-hybridized carbons (Fsp3) is 0.455. The average molecular weight is 189 g/mol. The fourth-order valence-corrected chi connectivity index (χ4v) is 1.79. The minimum Gasteiger partial charge on any atom is -0.355 e. The molecule has 1 saturated heterocycles. The Morgan fingerprint density at radius 2 is 2.43 bits per heavy atom. The second-order valence-electron chi connectivity index (χ2n) is 3.80. The van der Waals surface area contributed by atoms with Crippen molar-refractivity contribution in [3.05, 3.63) is 29.6 Å². The van der Waals surface area contributed by atoms with Crippen LogP contribution in [0.5, 0.6) is 0 Å². The highest BCUT2D eigenvalue weighted by molar-refractivity contribution is 5.80. The summed E-state index contributed by atoms with van der Waals surface area (Å²) in [5, 5.41) is 7.71. The molecular weight excluding hydrogens is 174 g/mol. The Bertz CT molecular complexity index is 346. The maximum Gasteiger partial charge on any atom is 0.0961 e. The van der Waals surface area contributed by atoms with Crippen LogP contribution < -0.4 is 0 Å². The van der Waals surface area contributed by atoms with Crippen LogP contribution in [0.2, 0.25) is 0 Å². The van der Waals surface area contributed by atoms with Crippen LogP contribution in [-0.4, -0.2) is 22.3 Å². The van der Waals surface area contributed by atoms with Gasteiger partial charge in [0.1, 0.15) is 0 Å². The summed E-state index contributed by atoms with van der Waals surface area (Å²) in [6.07, 6.45) is 3.88. The molecule has 1 N–H and O–H groups in total. The van der Waals surface area contributed by atoms with Crippen molar-refractivity contribution in [2.45, 2.75) is 26.3 Å². The highest BCUT2D eigenvalue weighted by atomic mass is 15.2. The number of pyridine rings is 1. The summed E-state index contributed by atoms with van der Waals surface area (Å²) in [7, 11) is 0. The van der Waals surface area contributed by atoms with Gasteiger partial charge in [-0.1, -0.05) is 0 Å². The zero-order chi connectivity index (χ0) is 9.97. The Morgan fingerprint density at radius 1 is 1.57 bits per heavy atom. The maximum atomic E-state index is 7.71. The van der Waals surface area contributed by atoms with E-state index in [0.29, 0.717) is 0 Å². The summed E-state index contributed by atoms with van der Waals surface area (Å²) in [6.45, 7) is 3.87. The first kappa shape index (κ1) is 9.19. The van der Waals surface area contributed by atoms with Gasteiger partial charge < -0.3 is 4.90 Å². The molecule has 0 saturated carbocycles. The van der Waals surface area contributed by atoms with Crippen LogP contribution in [0.1, 0.15) is 24.1 Å². The number of aromatic nitrogens is 1. The molecule has 3 heteroatoms. The van der Waals surface area contributed by atoms with Crippen LogP contribution >= 0.6 is 0 Å². The third-order valence-corrected chi connectivity index (χ3v) is 2.55. The van der Waals surface area contributed by atoms with Crippen molar-refractivity contribution < 1.29 is 0 Å². The summed E-state index contributed by atoms with van der Waals surface area (Å²) < 4.78 is 0. The largest absolute Gasteiger partial charge is 0.355 e. The molecule has 0 radical (unpaired) electrons. The minimum atomic E-state index is 0.758. The van der Waals surface area contributed by atoms with Crippen molar-refractivity contribution in [2.75, 3.05) is 6.54 Å². The molecule has 2 heterocycles. The number of nitrogens with one attached hydrogen (secondary N) is 1. The Morgan fingerprint density at radius 3 is 3.07 bits per heavy atom. The first-order valence-corrected chi connectivity index (χ1v) is 4.99. The number of nitrogens with zero attached hydrogens (tertiary/aromatic N) is 2. The molecule has 1 aromatic rings.